The minimum atomic E-state index is -0.335. The second-order valence-corrected chi connectivity index (χ2v) is 6.67. The molecule has 2 amide bonds. The van der Waals surface area contributed by atoms with Gasteiger partial charge in [-0.1, -0.05) is 12.1 Å². The lowest BCUT2D eigenvalue weighted by molar-refractivity contribution is 0.0949. The van der Waals surface area contributed by atoms with E-state index in [-0.39, 0.29) is 29.1 Å². The van der Waals surface area contributed by atoms with E-state index in [1.165, 1.54) is 25.5 Å². The smallest absolute Gasteiger partial charge is 0.291 e. The molecule has 3 N–H and O–H groups in total. The van der Waals surface area contributed by atoms with Gasteiger partial charge in [0.15, 0.2) is 17.3 Å². The predicted octanol–water partition coefficient (Wildman–Crippen LogP) is 3.94. The topological polar surface area (TPSA) is 101 Å². The summed E-state index contributed by atoms with van der Waals surface area (Å²) in [6.07, 6.45) is 1.43. The van der Waals surface area contributed by atoms with E-state index in [4.69, 9.17) is 9.15 Å². The molecule has 0 unspecified atom stereocenters. The fourth-order valence-corrected chi connectivity index (χ4v) is 2.89. The van der Waals surface area contributed by atoms with Gasteiger partial charge in [0.05, 0.1) is 17.8 Å². The van der Waals surface area contributed by atoms with Gasteiger partial charge >= 0.3 is 0 Å². The van der Waals surface area contributed by atoms with Crippen LogP contribution in [0.3, 0.4) is 0 Å². The standard InChI is InChI=1S/C20H17BrN2O5/c1-27-17-10-13(9-15(21)18(17)24)19(25)22-11-12-4-6-14(7-5-12)23-20(26)16-3-2-8-28-16/h2-10,24H,11H2,1H3,(H,22,25)(H,23,26). The van der Waals surface area contributed by atoms with Crippen LogP contribution in [0.2, 0.25) is 0 Å². The van der Waals surface area contributed by atoms with E-state index in [2.05, 4.69) is 26.6 Å². The van der Waals surface area contributed by atoms with E-state index in [0.29, 0.717) is 22.3 Å². The molecule has 7 nitrogen and oxygen atoms in total. The van der Waals surface area contributed by atoms with Gasteiger partial charge < -0.3 is 24.9 Å². The molecule has 8 heteroatoms. The zero-order valence-electron chi connectivity index (χ0n) is 14.9. The van der Waals surface area contributed by atoms with E-state index in [9.17, 15) is 14.7 Å². The van der Waals surface area contributed by atoms with Gasteiger partial charge in [-0.05, 0) is 57.9 Å². The molecule has 1 heterocycles. The first-order chi connectivity index (χ1) is 13.5. The molecule has 28 heavy (non-hydrogen) atoms. The van der Waals surface area contributed by atoms with Crippen molar-refractivity contribution in [1.29, 1.82) is 0 Å². The van der Waals surface area contributed by atoms with Crippen LogP contribution >= 0.6 is 15.9 Å². The zero-order valence-corrected chi connectivity index (χ0v) is 16.4. The summed E-state index contributed by atoms with van der Waals surface area (Å²) in [5.74, 6) is -0.277. The van der Waals surface area contributed by atoms with Crippen molar-refractivity contribution in [1.82, 2.24) is 5.32 Å². The lowest BCUT2D eigenvalue weighted by atomic mass is 10.1. The van der Waals surface area contributed by atoms with Crippen molar-refractivity contribution in [2.75, 3.05) is 12.4 Å². The fraction of sp³-hybridized carbons (Fsp3) is 0.100. The maximum absolute atomic E-state index is 12.4. The third-order valence-electron chi connectivity index (χ3n) is 3.92. The fourth-order valence-electron chi connectivity index (χ4n) is 2.45. The lowest BCUT2D eigenvalue weighted by Crippen LogP contribution is -2.22. The third-order valence-corrected chi connectivity index (χ3v) is 4.52. The van der Waals surface area contributed by atoms with Gasteiger partial charge in [0, 0.05) is 17.8 Å². The maximum Gasteiger partial charge on any atom is 0.291 e. The van der Waals surface area contributed by atoms with Crippen LogP contribution in [0, 0.1) is 0 Å². The van der Waals surface area contributed by atoms with Crippen LogP contribution in [0.5, 0.6) is 11.5 Å². The van der Waals surface area contributed by atoms with E-state index < -0.39 is 0 Å². The summed E-state index contributed by atoms with van der Waals surface area (Å²) in [6, 6.07) is 13.3. The zero-order chi connectivity index (χ0) is 20.1. The van der Waals surface area contributed by atoms with Crippen LogP contribution in [0.4, 0.5) is 5.69 Å². The summed E-state index contributed by atoms with van der Waals surface area (Å²) in [5.41, 5.74) is 1.82. The average Bonchev–Trinajstić information content (AvgIpc) is 3.24. The number of carbonyl (C=O) groups is 2. The Balaban J connectivity index is 1.59. The lowest BCUT2D eigenvalue weighted by Gasteiger charge is -2.10. The van der Waals surface area contributed by atoms with Crippen LogP contribution < -0.4 is 15.4 Å². The van der Waals surface area contributed by atoms with Gasteiger partial charge in [0.1, 0.15) is 0 Å². The first-order valence-electron chi connectivity index (χ1n) is 8.26. The summed E-state index contributed by atoms with van der Waals surface area (Å²) in [7, 11) is 1.41. The predicted molar refractivity (Wildman–Crippen MR) is 107 cm³/mol. The van der Waals surface area contributed by atoms with Gasteiger partial charge in [-0.3, -0.25) is 9.59 Å². The number of halogens is 1. The third kappa shape index (κ3) is 4.52. The molecule has 0 fully saturated rings. The number of rotatable bonds is 6. The number of carbonyl (C=O) groups excluding carboxylic acids is 2. The van der Waals surface area contributed by atoms with Crippen LogP contribution in [-0.2, 0) is 6.54 Å². The van der Waals surface area contributed by atoms with E-state index in [1.54, 1.807) is 36.4 Å². The largest absolute Gasteiger partial charge is 0.503 e. The molecule has 1 aromatic heterocycles. The Morgan fingerprint density at radius 1 is 1.14 bits per heavy atom. The number of ether oxygens (including phenoxy) is 1. The Bertz CT molecular complexity index is 985. The minimum absolute atomic E-state index is 0.0637. The number of hydrogen-bond donors (Lipinski definition) is 3. The number of amides is 2. The normalized spacial score (nSPS) is 10.4. The highest BCUT2D eigenvalue weighted by Crippen LogP contribution is 2.35. The number of anilines is 1. The molecular weight excluding hydrogens is 428 g/mol. The van der Waals surface area contributed by atoms with Crippen molar-refractivity contribution in [3.8, 4) is 11.5 Å². The van der Waals surface area contributed by atoms with Crippen LogP contribution in [-0.4, -0.2) is 24.0 Å². The molecule has 3 rings (SSSR count). The number of phenols is 1. The number of furan rings is 1. The second-order valence-electron chi connectivity index (χ2n) is 5.82. The summed E-state index contributed by atoms with van der Waals surface area (Å²) in [4.78, 5) is 24.3. The number of aromatic hydroxyl groups is 1. The number of nitrogens with one attached hydrogen (secondary N) is 2. The highest BCUT2D eigenvalue weighted by atomic mass is 79.9. The Hall–Kier alpha value is -3.26. The first kappa shape index (κ1) is 19.5. The number of benzene rings is 2. The monoisotopic (exact) mass is 444 g/mol. The highest BCUT2D eigenvalue weighted by Gasteiger charge is 2.14. The number of phenolic OH excluding ortho intramolecular Hbond substituents is 1. The molecule has 0 spiro atoms. The van der Waals surface area contributed by atoms with Gasteiger partial charge in [-0.2, -0.15) is 0 Å². The Morgan fingerprint density at radius 2 is 1.89 bits per heavy atom. The highest BCUT2D eigenvalue weighted by molar-refractivity contribution is 9.10. The van der Waals surface area contributed by atoms with E-state index in [0.717, 1.165) is 5.56 Å². The van der Waals surface area contributed by atoms with Gasteiger partial charge in [0.25, 0.3) is 11.8 Å². The molecule has 0 atom stereocenters. The summed E-state index contributed by atoms with van der Waals surface area (Å²) >= 11 is 3.19. The molecule has 0 aliphatic carbocycles. The second kappa shape index (κ2) is 8.62. The molecular formula is C20H17BrN2O5. The van der Waals surface area contributed by atoms with E-state index >= 15 is 0 Å². The van der Waals surface area contributed by atoms with Crippen molar-refractivity contribution < 1.29 is 23.8 Å². The number of hydrogen-bond acceptors (Lipinski definition) is 5. The van der Waals surface area contributed by atoms with Crippen molar-refractivity contribution in [3.05, 3.63) is 76.2 Å². The van der Waals surface area contributed by atoms with Crippen LogP contribution in [0.25, 0.3) is 0 Å². The molecule has 0 saturated carbocycles. The van der Waals surface area contributed by atoms with Crippen molar-refractivity contribution in [2.45, 2.75) is 6.54 Å². The van der Waals surface area contributed by atoms with Gasteiger partial charge in [-0.15, -0.1) is 0 Å². The summed E-state index contributed by atoms with van der Waals surface area (Å²) < 4.78 is 10.5. The summed E-state index contributed by atoms with van der Waals surface area (Å²) in [5, 5.41) is 15.3. The molecule has 0 aliphatic heterocycles. The van der Waals surface area contributed by atoms with Crippen LogP contribution in [0.1, 0.15) is 26.5 Å². The molecule has 0 radical (unpaired) electrons. The molecule has 144 valence electrons. The summed E-state index contributed by atoms with van der Waals surface area (Å²) in [6.45, 7) is 0.298. The van der Waals surface area contributed by atoms with Crippen molar-refractivity contribution in [3.63, 3.8) is 0 Å². The van der Waals surface area contributed by atoms with E-state index in [1.807, 2.05) is 0 Å². The van der Waals surface area contributed by atoms with Crippen molar-refractivity contribution >= 4 is 33.4 Å². The van der Waals surface area contributed by atoms with Gasteiger partial charge in [0.2, 0.25) is 0 Å². The first-order valence-corrected chi connectivity index (χ1v) is 9.05. The van der Waals surface area contributed by atoms with Crippen LogP contribution in [0.15, 0.2) is 63.7 Å². The number of methoxy groups -OCH3 is 1. The maximum atomic E-state index is 12.4. The molecule has 0 aliphatic rings. The molecule has 0 saturated heterocycles. The average molecular weight is 445 g/mol. The minimum Gasteiger partial charge on any atom is -0.503 e. The SMILES string of the molecule is COc1cc(C(=O)NCc2ccc(NC(=O)c3ccco3)cc2)cc(Br)c1O. The molecule has 3 aromatic rings. The van der Waals surface area contributed by atoms with Gasteiger partial charge in [-0.25, -0.2) is 0 Å². The Morgan fingerprint density at radius 3 is 2.54 bits per heavy atom. The quantitative estimate of drug-likeness (QED) is 0.534. The Labute approximate surface area is 169 Å². The molecule has 0 bridgehead atoms. The Kier molecular flexibility index (Phi) is 6.00. The van der Waals surface area contributed by atoms with Crippen molar-refractivity contribution in [2.24, 2.45) is 0 Å². The molecule has 2 aromatic carbocycles.